The van der Waals surface area contributed by atoms with Crippen molar-refractivity contribution in [1.82, 2.24) is 0 Å². The van der Waals surface area contributed by atoms with Gasteiger partial charge in [-0.1, -0.05) is 72.8 Å². The van der Waals surface area contributed by atoms with E-state index in [1.54, 1.807) is 12.1 Å². The minimum atomic E-state index is -0.588. The predicted octanol–water partition coefficient (Wildman–Crippen LogP) is 5.24. The summed E-state index contributed by atoms with van der Waals surface area (Å²) in [6, 6.07) is 24.7. The van der Waals surface area contributed by atoms with Crippen LogP contribution in [0.25, 0.3) is 0 Å². The summed E-state index contributed by atoms with van der Waals surface area (Å²) in [7, 11) is 0. The average Bonchev–Trinajstić information content (AvgIpc) is 2.87. The van der Waals surface area contributed by atoms with Crippen molar-refractivity contribution in [3.8, 4) is 5.75 Å². The number of phenols is 1. The molecule has 0 heterocycles. The first-order valence-corrected chi connectivity index (χ1v) is 11.2. The summed E-state index contributed by atoms with van der Waals surface area (Å²) < 4.78 is 10.6. The van der Waals surface area contributed by atoms with E-state index in [2.05, 4.69) is 0 Å². The number of carbonyl (C=O) groups excluding carboxylic acids is 3. The maximum Gasteiger partial charge on any atom is 0.306 e. The third kappa shape index (κ3) is 8.20. The second kappa shape index (κ2) is 12.9. The second-order valence-electron chi connectivity index (χ2n) is 7.98. The van der Waals surface area contributed by atoms with Crippen molar-refractivity contribution in [2.45, 2.75) is 38.9 Å². The van der Waals surface area contributed by atoms with Gasteiger partial charge in [-0.25, -0.2) is 0 Å². The molecule has 3 rings (SSSR count). The number of hydrogen-bond acceptors (Lipinski definition) is 6. The van der Waals surface area contributed by atoms with Gasteiger partial charge in [-0.2, -0.15) is 0 Å². The maximum absolute atomic E-state index is 13.1. The van der Waals surface area contributed by atoms with Crippen molar-refractivity contribution < 1.29 is 29.0 Å². The lowest BCUT2D eigenvalue weighted by Crippen LogP contribution is -2.19. The number of ether oxygens (including phenoxy) is 2. The number of esters is 2. The average molecular weight is 461 g/mol. The van der Waals surface area contributed by atoms with Crippen LogP contribution in [0.4, 0.5) is 0 Å². The van der Waals surface area contributed by atoms with Crippen molar-refractivity contribution in [2.24, 2.45) is 5.92 Å². The van der Waals surface area contributed by atoms with Crippen LogP contribution in [-0.2, 0) is 32.3 Å². The molecule has 0 amide bonds. The Kier molecular flexibility index (Phi) is 9.40. The van der Waals surface area contributed by atoms with Gasteiger partial charge in [0.15, 0.2) is 5.78 Å². The molecule has 0 aliphatic carbocycles. The van der Waals surface area contributed by atoms with Crippen molar-refractivity contribution in [3.05, 3.63) is 102 Å². The molecule has 0 bridgehead atoms. The van der Waals surface area contributed by atoms with Gasteiger partial charge in [0.05, 0.1) is 0 Å². The van der Waals surface area contributed by atoms with Gasteiger partial charge >= 0.3 is 11.9 Å². The van der Waals surface area contributed by atoms with E-state index in [0.29, 0.717) is 5.56 Å². The van der Waals surface area contributed by atoms with Crippen molar-refractivity contribution in [1.29, 1.82) is 0 Å². The van der Waals surface area contributed by atoms with E-state index in [0.717, 1.165) is 11.1 Å². The summed E-state index contributed by atoms with van der Waals surface area (Å²) in [5, 5.41) is 9.74. The van der Waals surface area contributed by atoms with Crippen molar-refractivity contribution in [3.63, 3.8) is 0 Å². The minimum Gasteiger partial charge on any atom is -0.508 e. The van der Waals surface area contributed by atoms with Gasteiger partial charge in [-0.05, 0) is 36.1 Å². The second-order valence-corrected chi connectivity index (χ2v) is 7.98. The summed E-state index contributed by atoms with van der Waals surface area (Å²) in [6.07, 6.45) is 0.546. The van der Waals surface area contributed by atoms with E-state index in [-0.39, 0.29) is 50.4 Å². The van der Waals surface area contributed by atoms with Crippen LogP contribution >= 0.6 is 0 Å². The summed E-state index contributed by atoms with van der Waals surface area (Å²) in [5.41, 5.74) is 2.09. The maximum atomic E-state index is 13.1. The Morgan fingerprint density at radius 2 is 1.18 bits per heavy atom. The molecule has 0 aromatic heterocycles. The molecule has 0 fully saturated rings. The van der Waals surface area contributed by atoms with Gasteiger partial charge in [0, 0.05) is 24.3 Å². The molecular weight excluding hydrogens is 432 g/mol. The topological polar surface area (TPSA) is 89.9 Å². The fourth-order valence-electron chi connectivity index (χ4n) is 3.51. The number of rotatable bonds is 12. The van der Waals surface area contributed by atoms with Crippen LogP contribution in [0.5, 0.6) is 5.75 Å². The zero-order chi connectivity index (χ0) is 24.2. The first kappa shape index (κ1) is 24.7. The largest absolute Gasteiger partial charge is 0.508 e. The molecular formula is C28H28O6. The van der Waals surface area contributed by atoms with Gasteiger partial charge in [0.2, 0.25) is 0 Å². The molecule has 176 valence electrons. The van der Waals surface area contributed by atoms with Gasteiger partial charge in [0.1, 0.15) is 19.0 Å². The molecule has 1 N–H and O–H groups in total. The Hall–Kier alpha value is -3.93. The van der Waals surface area contributed by atoms with E-state index < -0.39 is 17.9 Å². The third-order valence-corrected chi connectivity index (χ3v) is 5.38. The lowest BCUT2D eigenvalue weighted by atomic mass is 9.89. The molecule has 34 heavy (non-hydrogen) atoms. The Morgan fingerprint density at radius 3 is 1.65 bits per heavy atom. The predicted molar refractivity (Wildman–Crippen MR) is 127 cm³/mol. The lowest BCUT2D eigenvalue weighted by Gasteiger charge is -2.16. The van der Waals surface area contributed by atoms with Crippen LogP contribution in [0.3, 0.4) is 0 Å². The number of hydrogen-bond donors (Lipinski definition) is 1. The SMILES string of the molecule is O=C(CCC(CCC(=O)OCc1ccccc1)C(=O)c1cccc(O)c1)OCc1ccccc1. The molecule has 0 aliphatic heterocycles. The number of benzene rings is 3. The molecule has 0 radical (unpaired) electrons. The molecule has 0 saturated carbocycles. The number of aromatic hydroxyl groups is 1. The third-order valence-electron chi connectivity index (χ3n) is 5.38. The first-order valence-electron chi connectivity index (χ1n) is 11.2. The van der Waals surface area contributed by atoms with Gasteiger partial charge in [0.25, 0.3) is 0 Å². The van der Waals surface area contributed by atoms with Crippen LogP contribution in [0, 0.1) is 5.92 Å². The molecule has 6 heteroatoms. The molecule has 6 nitrogen and oxygen atoms in total. The minimum absolute atomic E-state index is 0.0193. The summed E-state index contributed by atoms with van der Waals surface area (Å²) in [4.78, 5) is 37.6. The van der Waals surface area contributed by atoms with E-state index >= 15 is 0 Å². The highest BCUT2D eigenvalue weighted by Gasteiger charge is 2.23. The van der Waals surface area contributed by atoms with Crippen molar-refractivity contribution in [2.75, 3.05) is 0 Å². The zero-order valence-electron chi connectivity index (χ0n) is 18.9. The van der Waals surface area contributed by atoms with Crippen LogP contribution in [-0.4, -0.2) is 22.8 Å². The molecule has 0 spiro atoms. The Labute approximate surface area is 199 Å². The lowest BCUT2D eigenvalue weighted by molar-refractivity contribution is -0.145. The van der Waals surface area contributed by atoms with Crippen LogP contribution < -0.4 is 0 Å². The number of phenolic OH excluding ortho intramolecular Hbond substituents is 1. The Bertz CT molecular complexity index is 1020. The Balaban J connectivity index is 1.55. The number of ketones is 1. The molecule has 0 atom stereocenters. The highest BCUT2D eigenvalue weighted by Crippen LogP contribution is 2.23. The molecule has 3 aromatic rings. The zero-order valence-corrected chi connectivity index (χ0v) is 18.9. The number of carbonyl (C=O) groups is 3. The fraction of sp³-hybridized carbons (Fsp3) is 0.250. The van der Waals surface area contributed by atoms with E-state index in [9.17, 15) is 19.5 Å². The quantitative estimate of drug-likeness (QED) is 0.294. The normalized spacial score (nSPS) is 10.6. The molecule has 0 saturated heterocycles. The van der Waals surface area contributed by atoms with Gasteiger partial charge < -0.3 is 14.6 Å². The molecule has 0 aliphatic rings. The van der Waals surface area contributed by atoms with Crippen LogP contribution in [0.1, 0.15) is 47.2 Å². The van der Waals surface area contributed by atoms with E-state index in [4.69, 9.17) is 9.47 Å². The highest BCUT2D eigenvalue weighted by molar-refractivity contribution is 5.98. The summed E-state index contributed by atoms with van der Waals surface area (Å²) in [6.45, 7) is 0.327. The first-order chi connectivity index (χ1) is 16.5. The Morgan fingerprint density at radius 1 is 0.676 bits per heavy atom. The molecule has 0 unspecified atom stereocenters. The smallest absolute Gasteiger partial charge is 0.306 e. The van der Waals surface area contributed by atoms with Gasteiger partial charge in [-0.15, -0.1) is 0 Å². The fourth-order valence-corrected chi connectivity index (χ4v) is 3.51. The van der Waals surface area contributed by atoms with Gasteiger partial charge in [-0.3, -0.25) is 14.4 Å². The standard InChI is InChI=1S/C28H28O6/c29-25-13-7-12-24(18-25)28(32)23(14-16-26(30)33-19-21-8-3-1-4-9-21)15-17-27(31)34-20-22-10-5-2-6-11-22/h1-13,18,23,29H,14-17,19-20H2. The summed E-state index contributed by atoms with van der Waals surface area (Å²) in [5.74, 6) is -1.67. The van der Waals surface area contributed by atoms with E-state index in [1.165, 1.54) is 12.1 Å². The summed E-state index contributed by atoms with van der Waals surface area (Å²) >= 11 is 0. The highest BCUT2D eigenvalue weighted by atomic mass is 16.5. The van der Waals surface area contributed by atoms with Crippen LogP contribution in [0.15, 0.2) is 84.9 Å². The van der Waals surface area contributed by atoms with E-state index in [1.807, 2.05) is 60.7 Å². The van der Waals surface area contributed by atoms with Crippen LogP contribution in [0.2, 0.25) is 0 Å². The molecule has 3 aromatic carbocycles. The van der Waals surface area contributed by atoms with Crippen molar-refractivity contribution >= 4 is 17.7 Å². The monoisotopic (exact) mass is 460 g/mol. The number of Topliss-reactive ketones (excluding diaryl/α,β-unsaturated/α-hetero) is 1.